The molecule has 1 fully saturated rings. The normalized spacial score (nSPS) is 15.0. The number of hydrogen-bond acceptors (Lipinski definition) is 2. The number of hydrogen-bond donors (Lipinski definition) is 2. The van der Waals surface area contributed by atoms with Crippen LogP contribution in [0.1, 0.15) is 20.3 Å². The van der Waals surface area contributed by atoms with Crippen LogP contribution in [0.25, 0.3) is 0 Å². The number of piperazine rings is 1. The second-order valence-electron chi connectivity index (χ2n) is 6.66. The summed E-state index contributed by atoms with van der Waals surface area (Å²) >= 11 is 0. The van der Waals surface area contributed by atoms with Gasteiger partial charge in [0.1, 0.15) is 5.82 Å². The summed E-state index contributed by atoms with van der Waals surface area (Å²) in [6, 6.07) is 6.85. The van der Waals surface area contributed by atoms with Gasteiger partial charge in [-0.05, 0) is 26.0 Å². The summed E-state index contributed by atoms with van der Waals surface area (Å²) in [6.45, 7) is 12.2. The van der Waals surface area contributed by atoms with E-state index in [0.29, 0.717) is 38.4 Å². The quantitative estimate of drug-likeness (QED) is 0.581. The molecule has 0 aliphatic carbocycles. The monoisotopic (exact) mass is 352 g/mol. The minimum Gasteiger partial charge on any atom is -0.366 e. The Morgan fingerprint density at radius 2 is 1.84 bits per heavy atom. The van der Waals surface area contributed by atoms with Gasteiger partial charge in [-0.15, -0.1) is 0 Å². The predicted octanol–water partition coefficient (Wildman–Crippen LogP) is -0.647. The van der Waals surface area contributed by atoms with Gasteiger partial charge in [-0.2, -0.15) is 0 Å². The Morgan fingerprint density at radius 1 is 1.16 bits per heavy atom. The van der Waals surface area contributed by atoms with Gasteiger partial charge in [0.15, 0.2) is 6.54 Å². The third kappa shape index (κ3) is 5.97. The number of amides is 1. The largest absolute Gasteiger partial charge is 0.366 e. The van der Waals surface area contributed by atoms with Gasteiger partial charge >= 0.3 is 0 Å². The van der Waals surface area contributed by atoms with Crippen molar-refractivity contribution in [2.45, 2.75) is 20.3 Å². The highest BCUT2D eigenvalue weighted by atomic mass is 19.1. The van der Waals surface area contributed by atoms with Crippen molar-refractivity contribution in [1.29, 1.82) is 0 Å². The fourth-order valence-electron chi connectivity index (χ4n) is 3.36. The van der Waals surface area contributed by atoms with Gasteiger partial charge in [0.2, 0.25) is 0 Å². The maximum atomic E-state index is 13.8. The second-order valence-corrected chi connectivity index (χ2v) is 6.66. The summed E-state index contributed by atoms with van der Waals surface area (Å²) < 4.78 is 13.8. The number of anilines is 1. The van der Waals surface area contributed by atoms with Gasteiger partial charge < -0.3 is 20.0 Å². The lowest BCUT2D eigenvalue weighted by molar-refractivity contribution is -0.898. The Balaban J connectivity index is 1.65. The molecule has 5 nitrogen and oxygen atoms in total. The van der Waals surface area contributed by atoms with Crippen molar-refractivity contribution in [3.63, 3.8) is 0 Å². The summed E-state index contributed by atoms with van der Waals surface area (Å²) in [5.41, 5.74) is 0.639. The third-order valence-corrected chi connectivity index (χ3v) is 5.08. The molecule has 0 spiro atoms. The van der Waals surface area contributed by atoms with E-state index in [1.54, 1.807) is 17.0 Å². The van der Waals surface area contributed by atoms with Gasteiger partial charge in [-0.25, -0.2) is 4.39 Å². The predicted molar refractivity (Wildman–Crippen MR) is 98.4 cm³/mol. The molecule has 1 aromatic rings. The summed E-state index contributed by atoms with van der Waals surface area (Å²) in [5.74, 6) is 0.00862. The Kier molecular flexibility index (Phi) is 8.15. The number of carbonyl (C=O) groups is 1. The number of halogens is 1. The zero-order valence-electron chi connectivity index (χ0n) is 15.6. The van der Waals surface area contributed by atoms with E-state index in [9.17, 15) is 9.18 Å². The van der Waals surface area contributed by atoms with Crippen molar-refractivity contribution in [3.05, 3.63) is 30.1 Å². The van der Waals surface area contributed by atoms with Gasteiger partial charge in [-0.3, -0.25) is 4.79 Å². The van der Waals surface area contributed by atoms with Gasteiger partial charge in [0.25, 0.3) is 5.91 Å². The first kappa shape index (κ1) is 19.7. The van der Waals surface area contributed by atoms with Crippen LogP contribution in [0, 0.1) is 5.82 Å². The van der Waals surface area contributed by atoms with Gasteiger partial charge in [0, 0.05) is 32.6 Å². The average molecular weight is 352 g/mol. The Morgan fingerprint density at radius 3 is 2.48 bits per heavy atom. The number of quaternary nitrogens is 2. The minimum atomic E-state index is -0.189. The van der Waals surface area contributed by atoms with Gasteiger partial charge in [0.05, 0.1) is 31.9 Å². The molecule has 3 N–H and O–H groups in total. The van der Waals surface area contributed by atoms with Crippen LogP contribution in [0.15, 0.2) is 24.3 Å². The fraction of sp³-hybridized carbons (Fsp3) is 0.632. The van der Waals surface area contributed by atoms with Crippen molar-refractivity contribution < 1.29 is 19.4 Å². The van der Waals surface area contributed by atoms with Crippen LogP contribution >= 0.6 is 0 Å². The molecule has 0 saturated carbocycles. The smallest absolute Gasteiger partial charge is 0.277 e. The minimum absolute atomic E-state index is 0.189. The molecule has 1 heterocycles. The molecule has 1 amide bonds. The van der Waals surface area contributed by atoms with Crippen LogP contribution in [-0.2, 0) is 4.79 Å². The van der Waals surface area contributed by atoms with Gasteiger partial charge in [-0.1, -0.05) is 12.1 Å². The molecule has 0 radical (unpaired) electrons. The lowest BCUT2D eigenvalue weighted by Gasteiger charge is -2.35. The molecule has 1 aromatic carbocycles. The molecule has 25 heavy (non-hydrogen) atoms. The molecule has 0 bridgehead atoms. The third-order valence-electron chi connectivity index (χ3n) is 5.08. The van der Waals surface area contributed by atoms with Crippen LogP contribution in [0.5, 0.6) is 0 Å². The molecule has 6 heteroatoms. The molecule has 140 valence electrons. The van der Waals surface area contributed by atoms with Crippen LogP contribution in [0.4, 0.5) is 10.1 Å². The van der Waals surface area contributed by atoms with Crippen molar-refractivity contribution >= 4 is 11.6 Å². The SMILES string of the molecule is CC[NH+](CC)CCC[NH2+]CC(=O)N1CCN(c2ccccc2F)CC1. The first-order valence-corrected chi connectivity index (χ1v) is 9.58. The first-order valence-electron chi connectivity index (χ1n) is 9.58. The number of nitrogens with zero attached hydrogens (tertiary/aromatic N) is 2. The summed E-state index contributed by atoms with van der Waals surface area (Å²) in [4.78, 5) is 17.9. The molecule has 0 unspecified atom stereocenters. The average Bonchev–Trinajstić information content (AvgIpc) is 2.65. The highest BCUT2D eigenvalue weighted by Crippen LogP contribution is 2.19. The molecular formula is C19H33FN4O+2. The number of para-hydroxylation sites is 1. The lowest BCUT2D eigenvalue weighted by atomic mass is 10.2. The van der Waals surface area contributed by atoms with E-state index in [1.807, 2.05) is 15.9 Å². The Bertz CT molecular complexity index is 528. The molecule has 1 saturated heterocycles. The topological polar surface area (TPSA) is 44.6 Å². The summed E-state index contributed by atoms with van der Waals surface area (Å²) in [6.07, 6.45) is 1.14. The standard InChI is InChI=1S/C19H31FN4O/c1-3-22(4-2)11-7-10-21-16-19(25)24-14-12-23(13-15-24)18-9-6-5-8-17(18)20/h5-6,8-9,21H,3-4,7,10-16H2,1-2H3/p+2. The number of carbonyl (C=O) groups excluding carboxylic acids is 1. The second kappa shape index (κ2) is 10.4. The highest BCUT2D eigenvalue weighted by molar-refractivity contribution is 5.77. The van der Waals surface area contributed by atoms with E-state index in [1.165, 1.54) is 25.7 Å². The zero-order chi connectivity index (χ0) is 18.1. The van der Waals surface area contributed by atoms with Crippen molar-refractivity contribution in [2.75, 3.05) is 63.8 Å². The van der Waals surface area contributed by atoms with Crippen LogP contribution < -0.4 is 15.1 Å². The summed E-state index contributed by atoms with van der Waals surface area (Å²) in [5, 5.41) is 2.12. The zero-order valence-corrected chi connectivity index (χ0v) is 15.6. The molecular weight excluding hydrogens is 319 g/mol. The maximum Gasteiger partial charge on any atom is 0.277 e. The molecule has 1 aliphatic heterocycles. The van der Waals surface area contributed by atoms with Crippen molar-refractivity contribution in [3.8, 4) is 0 Å². The lowest BCUT2D eigenvalue weighted by Crippen LogP contribution is -3.11. The fourth-order valence-corrected chi connectivity index (χ4v) is 3.36. The highest BCUT2D eigenvalue weighted by Gasteiger charge is 2.23. The van der Waals surface area contributed by atoms with E-state index >= 15 is 0 Å². The number of rotatable bonds is 9. The molecule has 1 aliphatic rings. The van der Waals surface area contributed by atoms with Crippen LogP contribution in [0.2, 0.25) is 0 Å². The van der Waals surface area contributed by atoms with E-state index in [2.05, 4.69) is 19.2 Å². The maximum absolute atomic E-state index is 13.8. The van der Waals surface area contributed by atoms with E-state index < -0.39 is 0 Å². The van der Waals surface area contributed by atoms with Crippen LogP contribution in [-0.4, -0.2) is 69.7 Å². The number of nitrogens with two attached hydrogens (primary N) is 1. The Hall–Kier alpha value is -1.66. The Labute approximate surface area is 150 Å². The number of benzene rings is 1. The van der Waals surface area contributed by atoms with Crippen LogP contribution in [0.3, 0.4) is 0 Å². The van der Waals surface area contributed by atoms with E-state index in [-0.39, 0.29) is 11.7 Å². The van der Waals surface area contributed by atoms with E-state index in [4.69, 9.17) is 0 Å². The summed E-state index contributed by atoms with van der Waals surface area (Å²) in [7, 11) is 0. The molecule has 0 atom stereocenters. The van der Waals surface area contributed by atoms with Crippen molar-refractivity contribution in [2.24, 2.45) is 0 Å². The molecule has 0 aromatic heterocycles. The van der Waals surface area contributed by atoms with E-state index in [0.717, 1.165) is 13.0 Å². The van der Waals surface area contributed by atoms with Crippen molar-refractivity contribution in [1.82, 2.24) is 4.90 Å². The molecule has 2 rings (SSSR count). The first-order chi connectivity index (χ1) is 12.2. The number of nitrogens with one attached hydrogen (secondary N) is 1.